The van der Waals surface area contributed by atoms with Crippen molar-refractivity contribution in [2.75, 3.05) is 29.1 Å². The van der Waals surface area contributed by atoms with Gasteiger partial charge in [-0.05, 0) is 62.3 Å². The summed E-state index contributed by atoms with van der Waals surface area (Å²) in [6, 6.07) is 6.20. The van der Waals surface area contributed by atoms with Crippen LogP contribution in [0.5, 0.6) is 0 Å². The van der Waals surface area contributed by atoms with Crippen molar-refractivity contribution in [1.82, 2.24) is 9.97 Å². The summed E-state index contributed by atoms with van der Waals surface area (Å²) >= 11 is 3.30. The predicted molar refractivity (Wildman–Crippen MR) is 134 cm³/mol. The first-order valence-corrected chi connectivity index (χ1v) is 13.4. The van der Waals surface area contributed by atoms with Crippen LogP contribution in [0.4, 0.5) is 11.4 Å². The van der Waals surface area contributed by atoms with E-state index in [1.54, 1.807) is 23.1 Å². The normalized spacial score (nSPS) is 15.1. The van der Waals surface area contributed by atoms with Gasteiger partial charge in [-0.15, -0.1) is 11.3 Å². The van der Waals surface area contributed by atoms with Gasteiger partial charge in [0.2, 0.25) is 5.91 Å². The summed E-state index contributed by atoms with van der Waals surface area (Å²) in [5, 5.41) is 3.83. The van der Waals surface area contributed by atoms with Crippen molar-refractivity contribution < 1.29 is 4.79 Å². The van der Waals surface area contributed by atoms with Crippen LogP contribution in [0.15, 0.2) is 23.0 Å². The van der Waals surface area contributed by atoms with E-state index in [9.17, 15) is 9.59 Å². The van der Waals surface area contributed by atoms with E-state index in [1.165, 1.54) is 28.1 Å². The van der Waals surface area contributed by atoms with Gasteiger partial charge in [0.1, 0.15) is 10.7 Å². The van der Waals surface area contributed by atoms with Crippen molar-refractivity contribution in [2.45, 2.75) is 51.2 Å². The monoisotopic (exact) mass is 468 g/mol. The zero-order chi connectivity index (χ0) is 22.1. The molecule has 0 fully saturated rings. The Morgan fingerprint density at radius 2 is 2.16 bits per heavy atom. The van der Waals surface area contributed by atoms with E-state index < -0.39 is 0 Å². The summed E-state index contributed by atoms with van der Waals surface area (Å²) in [6.45, 7) is 4.19. The molecular formula is C24H28N4O2S2. The molecule has 6 nitrogen and oxygen atoms in total. The zero-order valence-corrected chi connectivity index (χ0v) is 20.0. The Kier molecular flexibility index (Phi) is 6.24. The molecule has 0 spiro atoms. The molecule has 0 radical (unpaired) electrons. The number of carbonyl (C=O) groups is 1. The number of likely N-dealkylation sites (N-methyl/N-ethyl adjacent to an activating group) is 1. The topological polar surface area (TPSA) is 78.1 Å². The number of benzene rings is 1. The number of fused-ring (bicyclic) bond motifs is 4. The summed E-state index contributed by atoms with van der Waals surface area (Å²) in [5.41, 5.74) is 4.65. The number of thioether (sulfide) groups is 1. The maximum Gasteiger partial charge on any atom is 0.259 e. The van der Waals surface area contributed by atoms with Crippen LogP contribution in [0.2, 0.25) is 0 Å². The molecule has 0 saturated carbocycles. The minimum atomic E-state index is -0.0134. The van der Waals surface area contributed by atoms with Gasteiger partial charge in [-0.25, -0.2) is 4.98 Å². The second-order valence-electron chi connectivity index (χ2n) is 8.43. The van der Waals surface area contributed by atoms with Gasteiger partial charge in [-0.3, -0.25) is 9.59 Å². The van der Waals surface area contributed by atoms with Crippen LogP contribution in [0.3, 0.4) is 0 Å². The second-order valence-corrected chi connectivity index (χ2v) is 10.6. The van der Waals surface area contributed by atoms with E-state index in [0.29, 0.717) is 23.8 Å². The second kappa shape index (κ2) is 9.27. The highest BCUT2D eigenvalue weighted by Gasteiger charge is 2.20. The summed E-state index contributed by atoms with van der Waals surface area (Å²) in [5.74, 6) is 2.00. The van der Waals surface area contributed by atoms with E-state index in [-0.39, 0.29) is 11.5 Å². The Morgan fingerprint density at radius 1 is 1.28 bits per heavy atom. The van der Waals surface area contributed by atoms with Gasteiger partial charge in [-0.2, -0.15) is 11.8 Å². The summed E-state index contributed by atoms with van der Waals surface area (Å²) in [7, 11) is 0. The highest BCUT2D eigenvalue weighted by molar-refractivity contribution is 7.98. The third-order valence-electron chi connectivity index (χ3n) is 6.33. The number of hydrogen-bond donors (Lipinski definition) is 2. The minimum absolute atomic E-state index is 0.0134. The first-order chi connectivity index (χ1) is 15.6. The summed E-state index contributed by atoms with van der Waals surface area (Å²) in [4.78, 5) is 37.3. The average molecular weight is 469 g/mol. The number of rotatable bonds is 7. The largest absolute Gasteiger partial charge is 0.371 e. The van der Waals surface area contributed by atoms with Gasteiger partial charge < -0.3 is 15.2 Å². The molecule has 2 aliphatic rings. The van der Waals surface area contributed by atoms with Gasteiger partial charge in [0.15, 0.2) is 0 Å². The van der Waals surface area contributed by atoms with Crippen LogP contribution in [-0.4, -0.2) is 34.7 Å². The molecule has 0 bridgehead atoms. The van der Waals surface area contributed by atoms with Crippen molar-refractivity contribution in [3.63, 3.8) is 0 Å². The van der Waals surface area contributed by atoms with Crippen molar-refractivity contribution in [1.29, 1.82) is 0 Å². The van der Waals surface area contributed by atoms with Crippen molar-refractivity contribution in [3.05, 3.63) is 50.4 Å². The van der Waals surface area contributed by atoms with Gasteiger partial charge in [0, 0.05) is 41.5 Å². The fourth-order valence-electron chi connectivity index (χ4n) is 4.69. The smallest absolute Gasteiger partial charge is 0.259 e. The van der Waals surface area contributed by atoms with E-state index in [4.69, 9.17) is 4.98 Å². The maximum absolute atomic E-state index is 12.6. The number of H-pyrrole nitrogens is 1. The number of hydrogen-bond acceptors (Lipinski definition) is 6. The number of aromatic amines is 1. The SMILES string of the molecule is CCN1CCc2ccc(NC(=O)CCSCc3nc4sc5c(c4c(=O)[nH]3)CCCC5)cc21. The number of nitrogens with one attached hydrogen (secondary N) is 2. The van der Waals surface area contributed by atoms with Gasteiger partial charge in [0.25, 0.3) is 5.56 Å². The molecule has 1 aliphatic carbocycles. The fourth-order valence-corrected chi connectivity index (χ4v) is 6.77. The fraction of sp³-hybridized carbons (Fsp3) is 0.458. The Labute approximate surface area is 195 Å². The number of aromatic nitrogens is 2. The molecule has 3 heterocycles. The van der Waals surface area contributed by atoms with E-state index in [0.717, 1.165) is 54.7 Å². The van der Waals surface area contributed by atoms with Gasteiger partial charge >= 0.3 is 0 Å². The first kappa shape index (κ1) is 21.5. The van der Waals surface area contributed by atoms with Crippen LogP contribution in [0.25, 0.3) is 10.2 Å². The maximum atomic E-state index is 12.6. The Bertz CT molecular complexity index is 1220. The Balaban J connectivity index is 1.15. The van der Waals surface area contributed by atoms with Gasteiger partial charge in [0.05, 0.1) is 11.1 Å². The zero-order valence-electron chi connectivity index (χ0n) is 18.3. The lowest BCUT2D eigenvalue weighted by Gasteiger charge is -2.17. The molecule has 0 unspecified atom stereocenters. The quantitative estimate of drug-likeness (QED) is 0.499. The van der Waals surface area contributed by atoms with Gasteiger partial charge in [-0.1, -0.05) is 6.07 Å². The molecular weight excluding hydrogens is 440 g/mol. The minimum Gasteiger partial charge on any atom is -0.371 e. The molecule has 8 heteroatoms. The van der Waals surface area contributed by atoms with E-state index in [1.807, 2.05) is 6.07 Å². The summed E-state index contributed by atoms with van der Waals surface area (Å²) < 4.78 is 0. The van der Waals surface area contributed by atoms with E-state index in [2.05, 4.69) is 34.3 Å². The number of nitrogens with zero attached hydrogens (tertiary/aromatic N) is 2. The molecule has 32 heavy (non-hydrogen) atoms. The molecule has 3 aromatic rings. The molecule has 168 valence electrons. The Morgan fingerprint density at radius 3 is 3.03 bits per heavy atom. The molecule has 2 aromatic heterocycles. The average Bonchev–Trinajstić information content (AvgIpc) is 3.37. The standard InChI is InChI=1S/C24H28N4O2S2/c1-2-28-11-9-15-7-8-16(13-18(15)28)25-21(29)10-12-31-14-20-26-23(30)22-17-5-3-4-6-19(17)32-24(22)27-20/h7-8,13H,2-6,9-12,14H2,1H3,(H,25,29)(H,26,27,30). The predicted octanol–water partition coefficient (Wildman–Crippen LogP) is 4.51. The van der Waals surface area contributed by atoms with Crippen LogP contribution in [0.1, 0.15) is 48.0 Å². The Hall–Kier alpha value is -2.32. The van der Waals surface area contributed by atoms with Crippen molar-refractivity contribution >= 4 is 50.6 Å². The number of amides is 1. The van der Waals surface area contributed by atoms with Crippen molar-refractivity contribution in [3.8, 4) is 0 Å². The summed E-state index contributed by atoms with van der Waals surface area (Å²) in [6.07, 6.45) is 5.91. The third-order valence-corrected chi connectivity index (χ3v) is 8.48. The lowest BCUT2D eigenvalue weighted by Crippen LogP contribution is -2.19. The molecule has 1 amide bonds. The molecule has 5 rings (SSSR count). The van der Waals surface area contributed by atoms with Crippen LogP contribution in [0, 0.1) is 0 Å². The lowest BCUT2D eigenvalue weighted by molar-refractivity contribution is -0.115. The third kappa shape index (κ3) is 4.30. The molecule has 1 aromatic carbocycles. The number of carbonyl (C=O) groups excluding carboxylic acids is 1. The highest BCUT2D eigenvalue weighted by Crippen LogP contribution is 2.34. The molecule has 0 atom stereocenters. The highest BCUT2D eigenvalue weighted by atomic mass is 32.2. The molecule has 1 aliphatic heterocycles. The van der Waals surface area contributed by atoms with Crippen molar-refractivity contribution in [2.24, 2.45) is 0 Å². The number of aryl methyl sites for hydroxylation is 2. The molecule has 2 N–H and O–H groups in total. The van der Waals surface area contributed by atoms with Crippen LogP contribution in [-0.2, 0) is 29.8 Å². The van der Waals surface area contributed by atoms with E-state index >= 15 is 0 Å². The first-order valence-electron chi connectivity index (χ1n) is 11.4. The number of anilines is 2. The van der Waals surface area contributed by atoms with Crippen LogP contribution < -0.4 is 15.8 Å². The number of thiophene rings is 1. The lowest BCUT2D eigenvalue weighted by atomic mass is 9.97. The molecule has 0 saturated heterocycles. The van der Waals surface area contributed by atoms with Crippen LogP contribution >= 0.6 is 23.1 Å².